The number of carbonyl (C=O) groups excluding carboxylic acids is 3. The van der Waals surface area contributed by atoms with Crippen molar-refractivity contribution in [3.63, 3.8) is 0 Å². The standard InChI is InChI=1S/C29H36N4O3/c1-19-16-20(9-10-21(19)18-32-14-11-29(2,3)12-15-32)17-31-23-7-4-6-22-25(23)28(36)33(27(22)35)24-8-5-13-30-26(24)34/h4,6-7,9-10,16,24,31H,5,8,11-15,17-18H2,1-3H3,(H,30,34). The van der Waals surface area contributed by atoms with E-state index in [9.17, 15) is 14.4 Å². The van der Waals surface area contributed by atoms with E-state index in [0.717, 1.165) is 36.5 Å². The van der Waals surface area contributed by atoms with Crippen molar-refractivity contribution < 1.29 is 14.4 Å². The molecule has 2 fully saturated rings. The minimum absolute atomic E-state index is 0.255. The Balaban J connectivity index is 1.27. The number of likely N-dealkylation sites (tertiary alicyclic amines) is 1. The molecule has 2 aromatic rings. The van der Waals surface area contributed by atoms with Crippen LogP contribution in [0.5, 0.6) is 0 Å². The van der Waals surface area contributed by atoms with Crippen molar-refractivity contribution in [3.05, 3.63) is 64.2 Å². The van der Waals surface area contributed by atoms with E-state index in [4.69, 9.17) is 0 Å². The lowest BCUT2D eigenvalue weighted by Crippen LogP contribution is -2.52. The smallest absolute Gasteiger partial charge is 0.264 e. The average molecular weight is 489 g/mol. The van der Waals surface area contributed by atoms with Crippen LogP contribution in [0.15, 0.2) is 36.4 Å². The molecule has 0 aliphatic carbocycles. The Hall–Kier alpha value is -3.19. The van der Waals surface area contributed by atoms with Crippen LogP contribution in [0.25, 0.3) is 0 Å². The predicted molar refractivity (Wildman–Crippen MR) is 140 cm³/mol. The first-order valence-corrected chi connectivity index (χ1v) is 13.1. The van der Waals surface area contributed by atoms with Gasteiger partial charge in [-0.2, -0.15) is 0 Å². The number of amides is 3. The molecule has 2 N–H and O–H groups in total. The number of imide groups is 1. The molecule has 2 saturated heterocycles. The van der Waals surface area contributed by atoms with Gasteiger partial charge < -0.3 is 10.6 Å². The van der Waals surface area contributed by atoms with Gasteiger partial charge >= 0.3 is 0 Å². The first-order valence-electron chi connectivity index (χ1n) is 13.1. The number of rotatable bonds is 6. The summed E-state index contributed by atoms with van der Waals surface area (Å²) < 4.78 is 0. The van der Waals surface area contributed by atoms with E-state index in [1.807, 2.05) is 6.07 Å². The minimum Gasteiger partial charge on any atom is -0.380 e. The molecule has 0 spiro atoms. The first-order chi connectivity index (χ1) is 17.2. The molecule has 3 aliphatic heterocycles. The Morgan fingerprint density at radius 3 is 2.56 bits per heavy atom. The molecule has 1 atom stereocenters. The van der Waals surface area contributed by atoms with Crippen LogP contribution in [0.1, 0.15) is 76.9 Å². The molecular formula is C29H36N4O3. The van der Waals surface area contributed by atoms with E-state index in [1.165, 1.54) is 24.0 Å². The third kappa shape index (κ3) is 4.76. The van der Waals surface area contributed by atoms with Crippen LogP contribution in [-0.4, -0.2) is 53.2 Å². The van der Waals surface area contributed by atoms with E-state index >= 15 is 0 Å². The first kappa shape index (κ1) is 24.5. The summed E-state index contributed by atoms with van der Waals surface area (Å²) in [7, 11) is 0. The molecule has 7 heteroatoms. The van der Waals surface area contributed by atoms with Gasteiger partial charge in [0.2, 0.25) is 5.91 Å². The lowest BCUT2D eigenvalue weighted by Gasteiger charge is -2.37. The van der Waals surface area contributed by atoms with Gasteiger partial charge in [-0.1, -0.05) is 38.1 Å². The maximum Gasteiger partial charge on any atom is 0.264 e. The van der Waals surface area contributed by atoms with Crippen LogP contribution in [0.4, 0.5) is 5.69 Å². The maximum atomic E-state index is 13.3. The van der Waals surface area contributed by atoms with Crippen molar-refractivity contribution in [1.29, 1.82) is 0 Å². The molecule has 5 rings (SSSR count). The number of benzene rings is 2. The molecule has 0 saturated carbocycles. The monoisotopic (exact) mass is 488 g/mol. The SMILES string of the molecule is Cc1cc(CNc2cccc3c2C(=O)N(C2CCCNC2=O)C3=O)ccc1CN1CCC(C)(C)CC1. The van der Waals surface area contributed by atoms with Crippen LogP contribution in [-0.2, 0) is 17.9 Å². The third-order valence-electron chi connectivity index (χ3n) is 8.01. The van der Waals surface area contributed by atoms with E-state index in [0.29, 0.717) is 41.7 Å². The zero-order valence-electron chi connectivity index (χ0n) is 21.5. The van der Waals surface area contributed by atoms with Crippen molar-refractivity contribution in [2.45, 2.75) is 65.6 Å². The third-order valence-corrected chi connectivity index (χ3v) is 8.01. The predicted octanol–water partition coefficient (Wildman–Crippen LogP) is 4.10. The Kier molecular flexibility index (Phi) is 6.60. The van der Waals surface area contributed by atoms with Gasteiger partial charge in [0.25, 0.3) is 11.8 Å². The number of aryl methyl sites for hydroxylation is 1. The topological polar surface area (TPSA) is 81.8 Å². The quantitative estimate of drug-likeness (QED) is 0.599. The lowest BCUT2D eigenvalue weighted by atomic mass is 9.82. The number of nitrogens with zero attached hydrogens (tertiary/aromatic N) is 2. The van der Waals surface area contributed by atoms with Crippen molar-refractivity contribution in [3.8, 4) is 0 Å². The number of piperidine rings is 2. The molecule has 0 aromatic heterocycles. The Bertz CT molecular complexity index is 1200. The minimum atomic E-state index is -0.736. The van der Waals surface area contributed by atoms with Crippen LogP contribution < -0.4 is 10.6 Å². The molecule has 36 heavy (non-hydrogen) atoms. The number of carbonyl (C=O) groups is 3. The Morgan fingerprint density at radius 2 is 1.83 bits per heavy atom. The molecule has 190 valence electrons. The molecular weight excluding hydrogens is 452 g/mol. The maximum absolute atomic E-state index is 13.3. The Morgan fingerprint density at radius 1 is 1.06 bits per heavy atom. The highest BCUT2D eigenvalue weighted by Crippen LogP contribution is 2.33. The summed E-state index contributed by atoms with van der Waals surface area (Å²) in [4.78, 5) is 42.4. The average Bonchev–Trinajstić information content (AvgIpc) is 3.11. The fourth-order valence-electron chi connectivity index (χ4n) is 5.54. The van der Waals surface area contributed by atoms with E-state index in [-0.39, 0.29) is 11.8 Å². The summed E-state index contributed by atoms with van der Waals surface area (Å²) in [6, 6.07) is 11.1. The van der Waals surface area contributed by atoms with Crippen molar-refractivity contribution in [2.24, 2.45) is 5.41 Å². The molecule has 2 aromatic carbocycles. The van der Waals surface area contributed by atoms with Crippen LogP contribution in [0, 0.1) is 12.3 Å². The number of nitrogens with one attached hydrogen (secondary N) is 2. The highest BCUT2D eigenvalue weighted by molar-refractivity contribution is 6.25. The number of hydrogen-bond donors (Lipinski definition) is 2. The highest BCUT2D eigenvalue weighted by atomic mass is 16.2. The lowest BCUT2D eigenvalue weighted by molar-refractivity contribution is -0.126. The highest BCUT2D eigenvalue weighted by Gasteiger charge is 2.44. The second-order valence-corrected chi connectivity index (χ2v) is 11.2. The van der Waals surface area contributed by atoms with Gasteiger partial charge in [-0.25, -0.2) is 0 Å². The summed E-state index contributed by atoms with van der Waals surface area (Å²) in [5.41, 5.74) is 5.53. The summed E-state index contributed by atoms with van der Waals surface area (Å²) >= 11 is 0. The van der Waals surface area contributed by atoms with E-state index in [2.05, 4.69) is 54.5 Å². The molecule has 0 radical (unpaired) electrons. The number of anilines is 1. The summed E-state index contributed by atoms with van der Waals surface area (Å²) in [6.07, 6.45) is 3.72. The second kappa shape index (κ2) is 9.69. The van der Waals surface area contributed by atoms with E-state index in [1.54, 1.807) is 12.1 Å². The zero-order chi connectivity index (χ0) is 25.4. The van der Waals surface area contributed by atoms with Crippen LogP contribution in [0.3, 0.4) is 0 Å². The van der Waals surface area contributed by atoms with Gasteiger partial charge in [-0.3, -0.25) is 24.2 Å². The molecule has 0 bridgehead atoms. The van der Waals surface area contributed by atoms with Crippen molar-refractivity contribution >= 4 is 23.4 Å². The summed E-state index contributed by atoms with van der Waals surface area (Å²) in [5, 5.41) is 6.15. The molecule has 1 unspecified atom stereocenters. The summed E-state index contributed by atoms with van der Waals surface area (Å²) in [6.45, 7) is 11.2. The summed E-state index contributed by atoms with van der Waals surface area (Å²) in [5.74, 6) is -1.03. The van der Waals surface area contributed by atoms with Crippen LogP contribution in [0.2, 0.25) is 0 Å². The van der Waals surface area contributed by atoms with Gasteiger partial charge in [0.05, 0.1) is 11.1 Å². The fraction of sp³-hybridized carbons (Fsp3) is 0.483. The van der Waals surface area contributed by atoms with E-state index < -0.39 is 11.9 Å². The Labute approximate surface area is 213 Å². The second-order valence-electron chi connectivity index (χ2n) is 11.2. The number of fused-ring (bicyclic) bond motifs is 1. The van der Waals surface area contributed by atoms with Gasteiger partial charge in [-0.05, 0) is 79.9 Å². The van der Waals surface area contributed by atoms with Gasteiger partial charge in [0, 0.05) is 25.3 Å². The van der Waals surface area contributed by atoms with Crippen molar-refractivity contribution in [1.82, 2.24) is 15.1 Å². The molecule has 3 amide bonds. The largest absolute Gasteiger partial charge is 0.380 e. The van der Waals surface area contributed by atoms with Gasteiger partial charge in [0.15, 0.2) is 0 Å². The molecule has 7 nitrogen and oxygen atoms in total. The number of hydrogen-bond acceptors (Lipinski definition) is 5. The molecule has 3 heterocycles. The van der Waals surface area contributed by atoms with Gasteiger partial charge in [0.1, 0.15) is 6.04 Å². The van der Waals surface area contributed by atoms with Crippen LogP contribution >= 0.6 is 0 Å². The fourth-order valence-corrected chi connectivity index (χ4v) is 5.54. The normalized spacial score (nSPS) is 21.9. The molecule has 3 aliphatic rings. The van der Waals surface area contributed by atoms with Gasteiger partial charge in [-0.15, -0.1) is 0 Å². The zero-order valence-corrected chi connectivity index (χ0v) is 21.5. The van der Waals surface area contributed by atoms with Crippen molar-refractivity contribution in [2.75, 3.05) is 25.0 Å².